The molecular weight excluding hydrogens is 350 g/mol. The van der Waals surface area contributed by atoms with Gasteiger partial charge >= 0.3 is 0 Å². The van der Waals surface area contributed by atoms with Crippen molar-refractivity contribution in [3.05, 3.63) is 38.9 Å². The number of hydrogen-bond donors (Lipinski definition) is 2. The number of aromatic nitrogens is 2. The molecule has 26 heavy (non-hydrogen) atoms. The van der Waals surface area contributed by atoms with Crippen molar-refractivity contribution in [3.63, 3.8) is 0 Å². The van der Waals surface area contributed by atoms with Crippen molar-refractivity contribution < 1.29 is 9.53 Å². The normalized spacial score (nSPS) is 20.2. The largest absolute Gasteiger partial charge is 0.376 e. The number of fused-ring (bicyclic) bond motifs is 1. The Hall–Kier alpha value is -1.99. The molecule has 0 unspecified atom stereocenters. The molecule has 0 radical (unpaired) electrons. The quantitative estimate of drug-likeness (QED) is 0.622. The number of carbonyl (C=O) groups is 1. The number of rotatable bonds is 5. The summed E-state index contributed by atoms with van der Waals surface area (Å²) < 4.78 is 7.62. The van der Waals surface area contributed by atoms with Crippen LogP contribution in [0.25, 0.3) is 10.9 Å². The molecule has 3 rings (SSSR count). The second-order valence-corrected chi connectivity index (χ2v) is 7.37. The van der Waals surface area contributed by atoms with Crippen LogP contribution >= 0.6 is 12.2 Å². The lowest BCUT2D eigenvalue weighted by Crippen LogP contribution is -2.31. The summed E-state index contributed by atoms with van der Waals surface area (Å²) in [5, 5.41) is 3.38. The van der Waals surface area contributed by atoms with Crippen LogP contribution in [-0.4, -0.2) is 34.7 Å². The number of aromatic amines is 1. The maximum atomic E-state index is 12.4. The predicted octanol–water partition coefficient (Wildman–Crippen LogP) is 2.92. The van der Waals surface area contributed by atoms with Gasteiger partial charge in [0, 0.05) is 19.2 Å². The zero-order chi connectivity index (χ0) is 18.7. The highest BCUT2D eigenvalue weighted by molar-refractivity contribution is 7.71. The van der Waals surface area contributed by atoms with Gasteiger partial charge < -0.3 is 15.0 Å². The number of nitrogens with zero attached hydrogens (tertiary/aromatic N) is 1. The highest BCUT2D eigenvalue weighted by Crippen LogP contribution is 2.25. The van der Waals surface area contributed by atoms with Crippen LogP contribution < -0.4 is 10.9 Å². The molecular formula is C19H25N3O3S. The van der Waals surface area contributed by atoms with Gasteiger partial charge in [0.15, 0.2) is 4.77 Å². The van der Waals surface area contributed by atoms with Gasteiger partial charge in [-0.25, -0.2) is 0 Å². The molecule has 2 aromatic rings. The van der Waals surface area contributed by atoms with Crippen LogP contribution in [0.4, 0.5) is 0 Å². The van der Waals surface area contributed by atoms with Crippen LogP contribution in [0.5, 0.6) is 0 Å². The molecule has 0 spiro atoms. The SMILES string of the molecule is C[C@H]1CCCC[C@@H]1OCCNC(=O)c1ccc2c(=O)n(C)c(=S)[nH]c2c1. The van der Waals surface area contributed by atoms with Crippen molar-refractivity contribution in [3.8, 4) is 0 Å². The molecule has 1 amide bonds. The van der Waals surface area contributed by atoms with Gasteiger partial charge in [-0.15, -0.1) is 0 Å². The summed E-state index contributed by atoms with van der Waals surface area (Å²) >= 11 is 5.12. The van der Waals surface area contributed by atoms with Gasteiger partial charge in [0.1, 0.15) is 0 Å². The Labute approximate surface area is 157 Å². The lowest BCUT2D eigenvalue weighted by molar-refractivity contribution is -0.00293. The fourth-order valence-corrected chi connectivity index (χ4v) is 3.65. The van der Waals surface area contributed by atoms with E-state index in [9.17, 15) is 9.59 Å². The summed E-state index contributed by atoms with van der Waals surface area (Å²) in [5.41, 5.74) is 0.881. The van der Waals surface area contributed by atoms with Crippen molar-refractivity contribution in [2.24, 2.45) is 13.0 Å². The second-order valence-electron chi connectivity index (χ2n) is 6.98. The van der Waals surface area contributed by atoms with Crippen LogP contribution in [-0.2, 0) is 11.8 Å². The summed E-state index contributed by atoms with van der Waals surface area (Å²) in [6.07, 6.45) is 5.13. The zero-order valence-corrected chi connectivity index (χ0v) is 16.0. The van der Waals surface area contributed by atoms with Gasteiger partial charge in [-0.1, -0.05) is 19.8 Å². The molecule has 1 saturated carbocycles. The van der Waals surface area contributed by atoms with Crippen molar-refractivity contribution in [2.75, 3.05) is 13.2 Å². The van der Waals surface area contributed by atoms with Crippen LogP contribution in [0, 0.1) is 10.7 Å². The van der Waals surface area contributed by atoms with E-state index in [1.165, 1.54) is 23.8 Å². The van der Waals surface area contributed by atoms with Crippen LogP contribution in [0.3, 0.4) is 0 Å². The minimum absolute atomic E-state index is 0.175. The Morgan fingerprint density at radius 1 is 1.38 bits per heavy atom. The van der Waals surface area contributed by atoms with E-state index in [0.29, 0.717) is 46.4 Å². The zero-order valence-electron chi connectivity index (χ0n) is 15.2. The molecule has 140 valence electrons. The van der Waals surface area contributed by atoms with Gasteiger partial charge in [0.2, 0.25) is 0 Å². The average Bonchev–Trinajstić information content (AvgIpc) is 2.64. The Morgan fingerprint density at radius 3 is 2.92 bits per heavy atom. The third-order valence-electron chi connectivity index (χ3n) is 5.12. The van der Waals surface area contributed by atoms with E-state index in [0.717, 1.165) is 6.42 Å². The molecule has 0 aliphatic heterocycles. The Kier molecular flexibility index (Phi) is 5.88. The number of ether oxygens (including phenoxy) is 1. The Morgan fingerprint density at radius 2 is 2.15 bits per heavy atom. The van der Waals surface area contributed by atoms with E-state index in [2.05, 4.69) is 17.2 Å². The molecule has 2 N–H and O–H groups in total. The molecule has 7 heteroatoms. The maximum absolute atomic E-state index is 12.4. The number of carbonyl (C=O) groups excluding carboxylic acids is 1. The summed E-state index contributed by atoms with van der Waals surface area (Å²) in [5.74, 6) is 0.401. The molecule has 0 saturated heterocycles. The fraction of sp³-hybridized carbons (Fsp3) is 0.526. The van der Waals surface area contributed by atoms with Crippen LogP contribution in [0.2, 0.25) is 0 Å². The van der Waals surface area contributed by atoms with Gasteiger partial charge in [-0.05, 0) is 49.2 Å². The summed E-state index contributed by atoms with van der Waals surface area (Å²) in [4.78, 5) is 27.5. The molecule has 1 heterocycles. The third kappa shape index (κ3) is 4.04. The van der Waals surface area contributed by atoms with Crippen molar-refractivity contribution in [2.45, 2.75) is 38.7 Å². The standard InChI is InChI=1S/C19H25N3O3S/c1-12-5-3-4-6-16(12)25-10-9-20-17(23)13-7-8-14-15(11-13)21-19(26)22(2)18(14)24/h7-8,11-12,16H,3-6,9-10H2,1-2H3,(H,20,23)(H,21,26)/t12-,16-/m0/s1. The number of amides is 1. The predicted molar refractivity (Wildman–Crippen MR) is 104 cm³/mol. The van der Waals surface area contributed by atoms with Crippen LogP contribution in [0.15, 0.2) is 23.0 Å². The van der Waals surface area contributed by atoms with E-state index in [1.54, 1.807) is 25.2 Å². The molecule has 1 aliphatic carbocycles. The number of nitrogens with one attached hydrogen (secondary N) is 2. The Balaban J connectivity index is 1.60. The average molecular weight is 375 g/mol. The number of benzene rings is 1. The van der Waals surface area contributed by atoms with E-state index in [4.69, 9.17) is 17.0 Å². The lowest BCUT2D eigenvalue weighted by atomic mass is 9.88. The first-order valence-electron chi connectivity index (χ1n) is 9.10. The molecule has 2 atom stereocenters. The summed E-state index contributed by atoms with van der Waals surface area (Å²) in [6.45, 7) is 3.20. The minimum Gasteiger partial charge on any atom is -0.376 e. The number of hydrogen-bond acceptors (Lipinski definition) is 4. The van der Waals surface area contributed by atoms with Crippen molar-refractivity contribution in [1.82, 2.24) is 14.9 Å². The summed E-state index contributed by atoms with van der Waals surface area (Å²) in [6, 6.07) is 4.96. The first-order valence-corrected chi connectivity index (χ1v) is 9.51. The highest BCUT2D eigenvalue weighted by Gasteiger charge is 2.21. The first kappa shape index (κ1) is 18.8. The number of H-pyrrole nitrogens is 1. The maximum Gasteiger partial charge on any atom is 0.261 e. The third-order valence-corrected chi connectivity index (χ3v) is 5.49. The monoisotopic (exact) mass is 375 g/mol. The van der Waals surface area contributed by atoms with Crippen molar-refractivity contribution in [1.29, 1.82) is 0 Å². The van der Waals surface area contributed by atoms with Gasteiger partial charge in [-0.2, -0.15) is 0 Å². The smallest absolute Gasteiger partial charge is 0.261 e. The van der Waals surface area contributed by atoms with Crippen LogP contribution in [0.1, 0.15) is 43.0 Å². The van der Waals surface area contributed by atoms with Gasteiger partial charge in [-0.3, -0.25) is 14.2 Å². The van der Waals surface area contributed by atoms with E-state index in [-0.39, 0.29) is 11.5 Å². The first-order chi connectivity index (χ1) is 12.5. The lowest BCUT2D eigenvalue weighted by Gasteiger charge is -2.28. The van der Waals surface area contributed by atoms with Crippen molar-refractivity contribution >= 4 is 29.0 Å². The van der Waals surface area contributed by atoms with E-state index < -0.39 is 0 Å². The van der Waals surface area contributed by atoms with Gasteiger partial charge in [0.05, 0.1) is 23.6 Å². The minimum atomic E-state index is -0.188. The fourth-order valence-electron chi connectivity index (χ4n) is 3.45. The van der Waals surface area contributed by atoms with E-state index in [1.807, 2.05) is 0 Å². The molecule has 1 aromatic heterocycles. The van der Waals surface area contributed by atoms with Gasteiger partial charge in [0.25, 0.3) is 11.5 Å². The molecule has 0 bridgehead atoms. The summed E-state index contributed by atoms with van der Waals surface area (Å²) in [7, 11) is 1.62. The Bertz CT molecular complexity index is 918. The van der Waals surface area contributed by atoms with E-state index >= 15 is 0 Å². The second kappa shape index (κ2) is 8.14. The molecule has 1 aromatic carbocycles. The molecule has 1 aliphatic rings. The molecule has 6 nitrogen and oxygen atoms in total. The topological polar surface area (TPSA) is 76.1 Å². The highest BCUT2D eigenvalue weighted by atomic mass is 32.1. The molecule has 1 fully saturated rings.